The Morgan fingerprint density at radius 3 is 2.27 bits per heavy atom. The van der Waals surface area contributed by atoms with Crippen LogP contribution in [-0.4, -0.2) is 93.8 Å². The largest absolute Gasteiger partial charge is 0.505 e. The van der Waals surface area contributed by atoms with Gasteiger partial charge in [0.25, 0.3) is 0 Å². The Morgan fingerprint density at radius 2 is 1.73 bits per heavy atom. The van der Waals surface area contributed by atoms with Crippen LogP contribution in [0, 0.1) is 29.1 Å². The summed E-state index contributed by atoms with van der Waals surface area (Å²) < 4.78 is 5.15. The number of hydrogen-bond acceptors (Lipinski definition) is 11. The molecule has 4 rings (SSSR count). The number of primary amides is 1. The fourth-order valence-corrected chi connectivity index (χ4v) is 6.52. The Labute approximate surface area is 236 Å². The van der Waals surface area contributed by atoms with Crippen molar-refractivity contribution < 1.29 is 48.8 Å². The van der Waals surface area contributed by atoms with Gasteiger partial charge in [-0.1, -0.05) is 33.8 Å². The number of carbonyl (C=O) groups excluding carboxylic acids is 6. The van der Waals surface area contributed by atoms with Gasteiger partial charge < -0.3 is 25.8 Å². The summed E-state index contributed by atoms with van der Waals surface area (Å²) in [4.78, 5) is 80.2. The number of nitrogens with one attached hydrogen (secondary N) is 1. The van der Waals surface area contributed by atoms with Gasteiger partial charge in [0.2, 0.25) is 5.91 Å². The van der Waals surface area contributed by atoms with Crippen LogP contribution in [0.5, 0.6) is 5.75 Å². The number of likely N-dealkylation sites (N-methyl/N-ethyl adjacent to an activating group) is 1. The van der Waals surface area contributed by atoms with Crippen LogP contribution in [-0.2, 0) is 23.9 Å². The lowest BCUT2D eigenvalue weighted by Crippen LogP contribution is -2.77. The molecule has 3 aliphatic carbocycles. The Balaban J connectivity index is 1.80. The first-order valence-electron chi connectivity index (χ1n) is 13.2. The van der Waals surface area contributed by atoms with E-state index in [-0.39, 0.29) is 28.8 Å². The van der Waals surface area contributed by atoms with Crippen molar-refractivity contribution in [3.63, 3.8) is 0 Å². The second kappa shape index (κ2) is 10.00. The van der Waals surface area contributed by atoms with Gasteiger partial charge in [-0.05, 0) is 37.1 Å². The first kappa shape index (κ1) is 30.3. The number of ketones is 4. The molecule has 2 saturated carbocycles. The van der Waals surface area contributed by atoms with E-state index in [0.717, 1.165) is 0 Å². The maximum absolute atomic E-state index is 14.0. The van der Waals surface area contributed by atoms with Crippen molar-refractivity contribution in [1.29, 1.82) is 0 Å². The first-order chi connectivity index (χ1) is 18.9. The Bertz CT molecular complexity index is 1370. The highest BCUT2D eigenvalue weighted by Crippen LogP contribution is 2.55. The smallest absolute Gasteiger partial charge is 0.411 e. The van der Waals surface area contributed by atoms with Crippen LogP contribution in [0.4, 0.5) is 10.5 Å². The van der Waals surface area contributed by atoms with Crippen LogP contribution in [0.15, 0.2) is 12.1 Å². The van der Waals surface area contributed by atoms with Gasteiger partial charge in [-0.25, -0.2) is 4.79 Å². The molecular formula is C28H35N3O10. The third-order valence-electron chi connectivity index (χ3n) is 8.36. The van der Waals surface area contributed by atoms with E-state index < -0.39 is 88.2 Å². The summed E-state index contributed by atoms with van der Waals surface area (Å²) in [6, 6.07) is 1.35. The topological polar surface area (TPSA) is 214 Å². The first-order valence-corrected chi connectivity index (χ1v) is 13.2. The summed E-state index contributed by atoms with van der Waals surface area (Å²) in [7, 11) is 2.84. The zero-order valence-electron chi connectivity index (χ0n) is 23.6. The predicted molar refractivity (Wildman–Crippen MR) is 142 cm³/mol. The highest BCUT2D eigenvalue weighted by molar-refractivity contribution is 6.32. The molecule has 1 aromatic rings. The van der Waals surface area contributed by atoms with Crippen molar-refractivity contribution in [1.82, 2.24) is 4.90 Å². The van der Waals surface area contributed by atoms with Crippen LogP contribution >= 0.6 is 0 Å². The zero-order chi connectivity index (χ0) is 30.9. The van der Waals surface area contributed by atoms with E-state index in [2.05, 4.69) is 5.32 Å². The summed E-state index contributed by atoms with van der Waals surface area (Å²) in [5.41, 5.74) is 1.63. The second-order valence-electron chi connectivity index (χ2n) is 12.6. The van der Waals surface area contributed by atoms with E-state index in [4.69, 9.17) is 10.5 Å². The molecule has 0 aromatic heterocycles. The number of fused-ring (bicyclic) bond motifs is 3. The molecule has 13 nitrogen and oxygen atoms in total. The molecular weight excluding hydrogens is 538 g/mol. The molecule has 13 heteroatoms. The lowest BCUT2D eigenvalue weighted by Gasteiger charge is -2.56. The highest BCUT2D eigenvalue weighted by atomic mass is 16.5. The van der Waals surface area contributed by atoms with E-state index in [1.807, 2.05) is 20.8 Å². The van der Waals surface area contributed by atoms with Gasteiger partial charge in [-0.2, -0.15) is 0 Å². The standard InChI is InChI=1S/C28H35N3O10/c1-10-11-7-8-12(30-26(39)41-9-27(2,3)4)19(32)14(11)20(33)15-13(10)21(34)17-18(31(5)6)22(35)16(25(29)38)24(37)28(17,40)23(15)36/h7-8,10,13,15-18,21,32,34,40H,9H2,1-6H3,(H2,29,38)(H,30,39)/t10?,13?,15?,16?,17?,18-,21?,28-/m0/s1. The van der Waals surface area contributed by atoms with Crippen molar-refractivity contribution in [3.05, 3.63) is 23.3 Å². The summed E-state index contributed by atoms with van der Waals surface area (Å²) in [5.74, 6) is -14.4. The SMILES string of the molecule is CC1c2ccc(NC(=O)OCC(C)(C)C)c(O)c2C(=O)C2C(=O)[C@]3(O)C(=O)C(C(N)=O)C(=O)[C@@H](N(C)C)C3C(O)C21. The number of ether oxygens (including phenoxy) is 1. The second-order valence-corrected chi connectivity index (χ2v) is 12.6. The van der Waals surface area contributed by atoms with Crippen molar-refractivity contribution in [2.24, 2.45) is 34.8 Å². The number of aliphatic hydroxyl groups excluding tert-OH is 1. The lowest BCUT2D eigenvalue weighted by atomic mass is 9.49. The van der Waals surface area contributed by atoms with Crippen LogP contribution in [0.25, 0.3) is 0 Å². The number of carbonyl (C=O) groups is 6. The number of rotatable bonds is 4. The lowest BCUT2D eigenvalue weighted by molar-refractivity contribution is -0.196. The molecule has 1 aromatic carbocycles. The molecule has 8 atom stereocenters. The average molecular weight is 574 g/mol. The maximum atomic E-state index is 14.0. The average Bonchev–Trinajstić information content (AvgIpc) is 2.85. The van der Waals surface area contributed by atoms with Crippen LogP contribution in [0.2, 0.25) is 0 Å². The third kappa shape index (κ3) is 4.52. The number of phenols is 1. The fraction of sp³-hybridized carbons (Fsp3) is 0.571. The normalized spacial score (nSPS) is 33.1. The van der Waals surface area contributed by atoms with Crippen molar-refractivity contribution in [3.8, 4) is 5.75 Å². The van der Waals surface area contributed by atoms with E-state index >= 15 is 0 Å². The summed E-state index contributed by atoms with van der Waals surface area (Å²) >= 11 is 0. The minimum Gasteiger partial charge on any atom is -0.505 e. The molecule has 0 spiro atoms. The van der Waals surface area contributed by atoms with Gasteiger partial charge in [0.05, 0.1) is 41.8 Å². The van der Waals surface area contributed by atoms with Crippen LogP contribution in [0.1, 0.15) is 49.5 Å². The molecule has 6 N–H and O–H groups in total. The van der Waals surface area contributed by atoms with E-state index in [1.54, 1.807) is 6.92 Å². The quantitative estimate of drug-likeness (QED) is 0.239. The molecule has 0 radical (unpaired) electrons. The fourth-order valence-electron chi connectivity index (χ4n) is 6.52. The number of benzene rings is 1. The number of aliphatic hydroxyl groups is 2. The molecule has 41 heavy (non-hydrogen) atoms. The van der Waals surface area contributed by atoms with E-state index in [1.165, 1.54) is 31.1 Å². The number of nitrogens with two attached hydrogens (primary N) is 1. The number of amides is 2. The minimum atomic E-state index is -3.09. The van der Waals surface area contributed by atoms with Gasteiger partial charge in [0.1, 0.15) is 5.75 Å². The number of nitrogens with zero attached hydrogens (tertiary/aromatic N) is 1. The van der Waals surface area contributed by atoms with Gasteiger partial charge in [-0.3, -0.25) is 34.2 Å². The summed E-state index contributed by atoms with van der Waals surface area (Å²) in [6.07, 6.45) is -2.62. The molecule has 6 unspecified atom stereocenters. The summed E-state index contributed by atoms with van der Waals surface area (Å²) in [6.45, 7) is 7.20. The number of Topliss-reactive ketones (excluding diaryl/α,β-unsaturated/α-hetero) is 4. The van der Waals surface area contributed by atoms with Gasteiger partial charge in [0, 0.05) is 5.92 Å². The number of phenolic OH excluding ortho intramolecular Hbond substituents is 1. The van der Waals surface area contributed by atoms with Gasteiger partial charge in [-0.15, -0.1) is 0 Å². The Morgan fingerprint density at radius 1 is 1.12 bits per heavy atom. The van der Waals surface area contributed by atoms with E-state index in [0.29, 0.717) is 0 Å². The number of aromatic hydroxyl groups is 1. The van der Waals surface area contributed by atoms with Crippen LogP contribution in [0.3, 0.4) is 0 Å². The highest BCUT2D eigenvalue weighted by Gasteiger charge is 2.72. The Kier molecular flexibility index (Phi) is 7.38. The number of anilines is 1. The van der Waals surface area contributed by atoms with Gasteiger partial charge in [0.15, 0.2) is 34.7 Å². The molecule has 2 fully saturated rings. The van der Waals surface area contributed by atoms with Gasteiger partial charge >= 0.3 is 6.09 Å². The monoisotopic (exact) mass is 573 g/mol. The molecule has 0 aliphatic heterocycles. The zero-order valence-corrected chi connectivity index (χ0v) is 23.6. The van der Waals surface area contributed by atoms with Crippen molar-refractivity contribution in [2.45, 2.75) is 51.4 Å². The molecule has 3 aliphatic rings. The Hall–Kier alpha value is -3.68. The number of hydrogen-bond donors (Lipinski definition) is 5. The third-order valence-corrected chi connectivity index (χ3v) is 8.36. The van der Waals surface area contributed by atoms with Crippen molar-refractivity contribution in [2.75, 3.05) is 26.0 Å². The minimum absolute atomic E-state index is 0.0627. The summed E-state index contributed by atoms with van der Waals surface area (Å²) in [5, 5.41) is 36.7. The predicted octanol–water partition coefficient (Wildman–Crippen LogP) is -0.00660. The molecule has 0 heterocycles. The maximum Gasteiger partial charge on any atom is 0.411 e. The van der Waals surface area contributed by atoms with E-state index in [9.17, 15) is 44.1 Å². The van der Waals surface area contributed by atoms with Crippen molar-refractivity contribution >= 4 is 40.8 Å². The van der Waals surface area contributed by atoms with Crippen LogP contribution < -0.4 is 11.1 Å². The molecule has 0 saturated heterocycles. The molecule has 0 bridgehead atoms. The molecule has 2 amide bonds. The molecule has 222 valence electrons.